The molecule has 0 spiro atoms. The van der Waals surface area contributed by atoms with Gasteiger partial charge in [-0.15, -0.1) is 0 Å². The van der Waals surface area contributed by atoms with Crippen LogP contribution in [0.3, 0.4) is 0 Å². The first-order valence-corrected chi connectivity index (χ1v) is 8.10. The second kappa shape index (κ2) is 6.30. The maximum atomic E-state index is 12.1. The van der Waals surface area contributed by atoms with Gasteiger partial charge >= 0.3 is 0 Å². The summed E-state index contributed by atoms with van der Waals surface area (Å²) in [4.78, 5) is 16.8. The molecule has 0 aromatic carbocycles. The Kier molecular flexibility index (Phi) is 4.43. The van der Waals surface area contributed by atoms with Crippen molar-refractivity contribution in [3.05, 3.63) is 0 Å². The summed E-state index contributed by atoms with van der Waals surface area (Å²) in [5.41, 5.74) is -0.583. The molecule has 3 fully saturated rings. The second-order valence-corrected chi connectivity index (χ2v) is 6.58. The molecule has 2 heterocycles. The van der Waals surface area contributed by atoms with E-state index in [0.29, 0.717) is 12.6 Å². The lowest BCUT2D eigenvalue weighted by molar-refractivity contribution is -0.125. The average Bonchev–Trinajstić information content (AvgIpc) is 2.92. The van der Waals surface area contributed by atoms with Gasteiger partial charge in [0, 0.05) is 45.3 Å². The molecule has 2 aliphatic heterocycles. The first-order chi connectivity index (χ1) is 10.2. The maximum absolute atomic E-state index is 12.1. The molecule has 116 valence electrons. The molecular formula is C15H25N5O. The van der Waals surface area contributed by atoms with Crippen molar-refractivity contribution in [2.75, 3.05) is 45.8 Å². The predicted octanol–water partition coefficient (Wildman–Crippen LogP) is -0.472. The van der Waals surface area contributed by atoms with E-state index < -0.39 is 5.54 Å². The van der Waals surface area contributed by atoms with Crippen molar-refractivity contribution in [2.24, 2.45) is 0 Å². The number of likely N-dealkylation sites (tertiary alicyclic amines) is 1. The number of hydrogen-bond acceptors (Lipinski definition) is 5. The molecule has 2 saturated heterocycles. The van der Waals surface area contributed by atoms with E-state index in [9.17, 15) is 10.1 Å². The highest BCUT2D eigenvalue weighted by Crippen LogP contribution is 2.28. The van der Waals surface area contributed by atoms with Gasteiger partial charge in [0.05, 0.1) is 12.6 Å². The SMILES string of the molecule is N#CC1(NC(=O)CN2CC(N3CCNCC3)C2)CCCC1. The van der Waals surface area contributed by atoms with Crippen LogP contribution in [0.1, 0.15) is 25.7 Å². The van der Waals surface area contributed by atoms with Gasteiger partial charge in [0.15, 0.2) is 0 Å². The number of hydrogen-bond donors (Lipinski definition) is 2. The summed E-state index contributed by atoms with van der Waals surface area (Å²) < 4.78 is 0. The molecule has 1 amide bonds. The van der Waals surface area contributed by atoms with Gasteiger partial charge < -0.3 is 10.6 Å². The van der Waals surface area contributed by atoms with Gasteiger partial charge in [-0.1, -0.05) is 0 Å². The van der Waals surface area contributed by atoms with Gasteiger partial charge in [0.25, 0.3) is 0 Å². The number of nitrogens with one attached hydrogen (secondary N) is 2. The molecule has 2 N–H and O–H groups in total. The molecule has 21 heavy (non-hydrogen) atoms. The lowest BCUT2D eigenvalue weighted by atomic mass is 9.99. The Balaban J connectivity index is 1.40. The first-order valence-electron chi connectivity index (χ1n) is 8.10. The first kappa shape index (κ1) is 14.8. The van der Waals surface area contributed by atoms with E-state index in [1.807, 2.05) is 0 Å². The Bertz CT molecular complexity index is 414. The zero-order valence-corrected chi connectivity index (χ0v) is 12.6. The normalized spacial score (nSPS) is 27.0. The van der Waals surface area contributed by atoms with Crippen molar-refractivity contribution in [3.63, 3.8) is 0 Å². The van der Waals surface area contributed by atoms with Crippen molar-refractivity contribution in [3.8, 4) is 6.07 Å². The van der Waals surface area contributed by atoms with Crippen LogP contribution in [-0.2, 0) is 4.79 Å². The molecule has 0 aromatic heterocycles. The van der Waals surface area contributed by atoms with Gasteiger partial charge in [0.1, 0.15) is 5.54 Å². The standard InChI is InChI=1S/C15H25N5O/c16-12-15(3-1-2-4-15)18-14(21)11-19-9-13(10-19)20-7-5-17-6-8-20/h13,17H,1-11H2,(H,18,21). The second-order valence-electron chi connectivity index (χ2n) is 6.58. The Morgan fingerprint density at radius 1 is 1.29 bits per heavy atom. The van der Waals surface area contributed by atoms with E-state index in [1.165, 1.54) is 0 Å². The van der Waals surface area contributed by atoms with Crippen LogP contribution in [0.2, 0.25) is 0 Å². The van der Waals surface area contributed by atoms with Crippen molar-refractivity contribution in [1.82, 2.24) is 20.4 Å². The Morgan fingerprint density at radius 3 is 2.57 bits per heavy atom. The molecule has 0 atom stereocenters. The lowest BCUT2D eigenvalue weighted by Gasteiger charge is -2.46. The third-order valence-electron chi connectivity index (χ3n) is 5.02. The topological polar surface area (TPSA) is 71.4 Å². The zero-order valence-electron chi connectivity index (χ0n) is 12.6. The molecule has 3 rings (SSSR count). The molecule has 0 aromatic rings. The van der Waals surface area contributed by atoms with Crippen LogP contribution in [0, 0.1) is 11.3 Å². The molecule has 3 aliphatic rings. The van der Waals surface area contributed by atoms with Crippen molar-refractivity contribution >= 4 is 5.91 Å². The number of piperazine rings is 1. The number of carbonyl (C=O) groups is 1. The quantitative estimate of drug-likeness (QED) is 0.733. The number of rotatable bonds is 4. The van der Waals surface area contributed by atoms with Crippen molar-refractivity contribution in [2.45, 2.75) is 37.3 Å². The highest BCUT2D eigenvalue weighted by atomic mass is 16.2. The van der Waals surface area contributed by atoms with Gasteiger partial charge in [-0.05, 0) is 25.7 Å². The molecule has 0 bridgehead atoms. The summed E-state index contributed by atoms with van der Waals surface area (Å²) in [5.74, 6) is 0.0113. The summed E-state index contributed by atoms with van der Waals surface area (Å²) in [7, 11) is 0. The van der Waals surface area contributed by atoms with Crippen LogP contribution < -0.4 is 10.6 Å². The summed E-state index contributed by atoms with van der Waals surface area (Å²) in [6.45, 7) is 6.76. The van der Waals surface area contributed by atoms with E-state index in [-0.39, 0.29) is 5.91 Å². The van der Waals surface area contributed by atoms with Crippen LogP contribution in [0.4, 0.5) is 0 Å². The Hall–Kier alpha value is -1.16. The monoisotopic (exact) mass is 291 g/mol. The third-order valence-corrected chi connectivity index (χ3v) is 5.02. The van der Waals surface area contributed by atoms with Crippen LogP contribution in [0.5, 0.6) is 0 Å². The van der Waals surface area contributed by atoms with Gasteiger partial charge in [-0.25, -0.2) is 0 Å². The third kappa shape index (κ3) is 3.37. The molecule has 1 aliphatic carbocycles. The van der Waals surface area contributed by atoms with E-state index in [4.69, 9.17) is 0 Å². The largest absolute Gasteiger partial charge is 0.337 e. The minimum Gasteiger partial charge on any atom is -0.337 e. The predicted molar refractivity (Wildman–Crippen MR) is 79.6 cm³/mol. The van der Waals surface area contributed by atoms with Gasteiger partial charge in [-0.3, -0.25) is 14.6 Å². The molecule has 1 saturated carbocycles. The number of nitrogens with zero attached hydrogens (tertiary/aromatic N) is 3. The molecule has 0 radical (unpaired) electrons. The smallest absolute Gasteiger partial charge is 0.235 e. The Labute approximate surface area is 126 Å². The number of nitriles is 1. The highest BCUT2D eigenvalue weighted by molar-refractivity contribution is 5.79. The van der Waals surface area contributed by atoms with E-state index in [2.05, 4.69) is 26.5 Å². The van der Waals surface area contributed by atoms with E-state index in [0.717, 1.165) is 65.0 Å². The van der Waals surface area contributed by atoms with Crippen molar-refractivity contribution < 1.29 is 4.79 Å². The average molecular weight is 291 g/mol. The minimum atomic E-state index is -0.583. The summed E-state index contributed by atoms with van der Waals surface area (Å²) >= 11 is 0. The molecule has 6 nitrogen and oxygen atoms in total. The number of amides is 1. The molecule has 6 heteroatoms. The lowest BCUT2D eigenvalue weighted by Crippen LogP contribution is -2.64. The highest BCUT2D eigenvalue weighted by Gasteiger charge is 2.37. The van der Waals surface area contributed by atoms with E-state index in [1.54, 1.807) is 0 Å². The summed E-state index contributed by atoms with van der Waals surface area (Å²) in [6.07, 6.45) is 3.70. The molecule has 0 unspecified atom stereocenters. The van der Waals surface area contributed by atoms with E-state index >= 15 is 0 Å². The fraction of sp³-hybridized carbons (Fsp3) is 0.867. The van der Waals surface area contributed by atoms with Crippen molar-refractivity contribution in [1.29, 1.82) is 5.26 Å². The van der Waals surface area contributed by atoms with Crippen LogP contribution in [-0.4, -0.2) is 73.1 Å². The minimum absolute atomic E-state index is 0.0113. The number of carbonyl (C=O) groups excluding carboxylic acids is 1. The van der Waals surface area contributed by atoms with Gasteiger partial charge in [-0.2, -0.15) is 5.26 Å². The fourth-order valence-corrected chi connectivity index (χ4v) is 3.70. The Morgan fingerprint density at radius 2 is 1.95 bits per heavy atom. The van der Waals surface area contributed by atoms with Crippen LogP contribution >= 0.6 is 0 Å². The zero-order chi connectivity index (χ0) is 14.7. The summed E-state index contributed by atoms with van der Waals surface area (Å²) in [5, 5.41) is 15.6. The summed E-state index contributed by atoms with van der Waals surface area (Å²) in [6, 6.07) is 2.92. The fourth-order valence-electron chi connectivity index (χ4n) is 3.70. The van der Waals surface area contributed by atoms with Gasteiger partial charge in [0.2, 0.25) is 5.91 Å². The molecular weight excluding hydrogens is 266 g/mol. The maximum Gasteiger partial charge on any atom is 0.235 e. The van der Waals surface area contributed by atoms with Crippen LogP contribution in [0.15, 0.2) is 0 Å². The van der Waals surface area contributed by atoms with Crippen LogP contribution in [0.25, 0.3) is 0 Å².